The molecule has 1 atom stereocenters. The van der Waals surface area contributed by atoms with E-state index in [9.17, 15) is 0 Å². The highest BCUT2D eigenvalue weighted by atomic mass is 15.2. The van der Waals surface area contributed by atoms with Crippen LogP contribution < -0.4 is 10.2 Å². The monoisotopic (exact) mass is 287 g/mol. The lowest BCUT2D eigenvalue weighted by Crippen LogP contribution is -2.31. The van der Waals surface area contributed by atoms with Gasteiger partial charge in [-0.3, -0.25) is 0 Å². The summed E-state index contributed by atoms with van der Waals surface area (Å²) >= 11 is 0. The van der Waals surface area contributed by atoms with E-state index in [-0.39, 0.29) is 0 Å². The zero-order chi connectivity index (χ0) is 14.8. The van der Waals surface area contributed by atoms with Gasteiger partial charge in [0.2, 0.25) is 0 Å². The molecule has 2 aliphatic rings. The molecule has 3 heteroatoms. The van der Waals surface area contributed by atoms with Crippen LogP contribution in [-0.4, -0.2) is 24.1 Å². The van der Waals surface area contributed by atoms with Gasteiger partial charge in [0.05, 0.1) is 0 Å². The van der Waals surface area contributed by atoms with Crippen molar-refractivity contribution in [2.45, 2.75) is 71.0 Å². The van der Waals surface area contributed by atoms with Gasteiger partial charge in [-0.05, 0) is 62.6 Å². The third kappa shape index (κ3) is 3.97. The summed E-state index contributed by atoms with van der Waals surface area (Å²) in [4.78, 5) is 7.28. The summed E-state index contributed by atoms with van der Waals surface area (Å²) in [6.07, 6.45) is 7.70. The number of aromatic nitrogens is 1. The van der Waals surface area contributed by atoms with Crippen LogP contribution in [0.3, 0.4) is 0 Å². The lowest BCUT2D eigenvalue weighted by atomic mass is 10.1. The molecule has 2 saturated carbocycles. The van der Waals surface area contributed by atoms with Crippen molar-refractivity contribution in [1.29, 1.82) is 0 Å². The van der Waals surface area contributed by atoms with Crippen LogP contribution >= 0.6 is 0 Å². The minimum absolute atomic E-state index is 0.610. The van der Waals surface area contributed by atoms with Crippen LogP contribution in [0.1, 0.15) is 57.2 Å². The quantitative estimate of drug-likeness (QED) is 0.793. The molecule has 1 heterocycles. The van der Waals surface area contributed by atoms with Crippen molar-refractivity contribution in [3.63, 3.8) is 0 Å². The van der Waals surface area contributed by atoms with Gasteiger partial charge in [0, 0.05) is 31.4 Å². The maximum absolute atomic E-state index is 4.90. The largest absolute Gasteiger partial charge is 0.357 e. The minimum atomic E-state index is 0.610. The molecule has 0 radical (unpaired) electrons. The van der Waals surface area contributed by atoms with E-state index in [1.807, 2.05) is 0 Å². The molecule has 2 fully saturated rings. The Kier molecular flexibility index (Phi) is 4.48. The minimum Gasteiger partial charge on any atom is -0.357 e. The van der Waals surface area contributed by atoms with Crippen LogP contribution in [0.25, 0.3) is 0 Å². The predicted molar refractivity (Wildman–Crippen MR) is 88.7 cm³/mol. The van der Waals surface area contributed by atoms with Crippen molar-refractivity contribution < 1.29 is 0 Å². The summed E-state index contributed by atoms with van der Waals surface area (Å²) in [6, 6.07) is 5.95. The first-order valence-corrected chi connectivity index (χ1v) is 8.63. The predicted octanol–water partition coefficient (Wildman–Crippen LogP) is 3.52. The van der Waals surface area contributed by atoms with E-state index in [1.54, 1.807) is 0 Å². The average molecular weight is 287 g/mol. The van der Waals surface area contributed by atoms with Gasteiger partial charge >= 0.3 is 0 Å². The van der Waals surface area contributed by atoms with Gasteiger partial charge in [0.25, 0.3) is 0 Å². The second kappa shape index (κ2) is 6.35. The van der Waals surface area contributed by atoms with Crippen molar-refractivity contribution in [2.75, 3.05) is 11.9 Å². The number of nitrogens with one attached hydrogen (secondary N) is 1. The van der Waals surface area contributed by atoms with Gasteiger partial charge in [-0.25, -0.2) is 4.98 Å². The highest BCUT2D eigenvalue weighted by molar-refractivity contribution is 5.43. The van der Waals surface area contributed by atoms with E-state index in [4.69, 9.17) is 4.98 Å². The molecule has 21 heavy (non-hydrogen) atoms. The number of rotatable bonds is 8. The van der Waals surface area contributed by atoms with Crippen molar-refractivity contribution in [3.05, 3.63) is 23.4 Å². The fourth-order valence-corrected chi connectivity index (χ4v) is 2.95. The summed E-state index contributed by atoms with van der Waals surface area (Å²) in [6.45, 7) is 5.56. The molecule has 116 valence electrons. The van der Waals surface area contributed by atoms with Crippen LogP contribution in [0, 0.1) is 5.92 Å². The molecule has 2 aliphatic carbocycles. The van der Waals surface area contributed by atoms with E-state index in [2.05, 4.69) is 43.2 Å². The molecule has 1 N–H and O–H groups in total. The fourth-order valence-electron chi connectivity index (χ4n) is 2.95. The smallest absolute Gasteiger partial charge is 0.129 e. The Morgan fingerprint density at radius 2 is 2.05 bits per heavy atom. The number of anilines is 1. The van der Waals surface area contributed by atoms with Gasteiger partial charge < -0.3 is 10.2 Å². The van der Waals surface area contributed by atoms with Gasteiger partial charge in [0.1, 0.15) is 5.82 Å². The average Bonchev–Trinajstić information content (AvgIpc) is 3.37. The van der Waals surface area contributed by atoms with Crippen molar-refractivity contribution >= 4 is 5.82 Å². The lowest BCUT2D eigenvalue weighted by molar-refractivity contribution is 0.601. The van der Waals surface area contributed by atoms with Gasteiger partial charge in [-0.2, -0.15) is 0 Å². The Morgan fingerprint density at radius 3 is 2.67 bits per heavy atom. The Balaban J connectivity index is 1.75. The molecule has 0 aromatic carbocycles. The summed E-state index contributed by atoms with van der Waals surface area (Å²) < 4.78 is 0. The van der Waals surface area contributed by atoms with E-state index in [0.717, 1.165) is 37.2 Å². The molecule has 0 bridgehead atoms. The van der Waals surface area contributed by atoms with E-state index >= 15 is 0 Å². The molecule has 0 saturated heterocycles. The molecule has 0 spiro atoms. The molecule has 3 nitrogen and oxygen atoms in total. The van der Waals surface area contributed by atoms with E-state index < -0.39 is 0 Å². The Hall–Kier alpha value is -1.09. The molecule has 3 rings (SSSR count). The fraction of sp³-hybridized carbons (Fsp3) is 0.722. The Morgan fingerprint density at radius 1 is 1.29 bits per heavy atom. The van der Waals surface area contributed by atoms with Crippen LogP contribution in [0.15, 0.2) is 12.1 Å². The summed E-state index contributed by atoms with van der Waals surface area (Å²) in [5, 5.41) is 3.63. The number of pyridine rings is 1. The number of hydrogen-bond donors (Lipinski definition) is 1. The summed E-state index contributed by atoms with van der Waals surface area (Å²) in [5.41, 5.74) is 2.64. The SMILES string of the molecule is CCCc1cc(CNC2CC2)cc(N(C)C(C)C2CC2)n1. The highest BCUT2D eigenvalue weighted by Crippen LogP contribution is 2.36. The molecule has 0 aliphatic heterocycles. The van der Waals surface area contributed by atoms with Crippen LogP contribution in [0.4, 0.5) is 5.82 Å². The Labute approximate surface area is 129 Å². The first-order valence-electron chi connectivity index (χ1n) is 8.63. The highest BCUT2D eigenvalue weighted by Gasteiger charge is 2.31. The number of nitrogens with zero attached hydrogens (tertiary/aromatic N) is 2. The molecule has 1 unspecified atom stereocenters. The van der Waals surface area contributed by atoms with Crippen LogP contribution in [0.2, 0.25) is 0 Å². The van der Waals surface area contributed by atoms with Crippen molar-refractivity contribution in [1.82, 2.24) is 10.3 Å². The first-order chi connectivity index (χ1) is 10.2. The van der Waals surface area contributed by atoms with Gasteiger partial charge in [0.15, 0.2) is 0 Å². The van der Waals surface area contributed by atoms with Gasteiger partial charge in [-0.1, -0.05) is 13.3 Å². The first kappa shape index (κ1) is 14.8. The molecular formula is C18H29N3. The van der Waals surface area contributed by atoms with E-state index in [0.29, 0.717) is 6.04 Å². The van der Waals surface area contributed by atoms with Crippen molar-refractivity contribution in [3.8, 4) is 0 Å². The maximum atomic E-state index is 4.90. The summed E-state index contributed by atoms with van der Waals surface area (Å²) in [7, 11) is 2.21. The van der Waals surface area contributed by atoms with Crippen LogP contribution in [0.5, 0.6) is 0 Å². The third-order valence-electron chi connectivity index (χ3n) is 4.88. The standard InChI is InChI=1S/C18H29N3/c1-4-5-17-10-14(12-19-16-8-9-16)11-18(20-17)21(3)13(2)15-6-7-15/h10-11,13,15-16,19H,4-9,12H2,1-3H3. The normalized spacial score (nSPS) is 19.6. The number of hydrogen-bond acceptors (Lipinski definition) is 3. The van der Waals surface area contributed by atoms with E-state index in [1.165, 1.54) is 36.9 Å². The maximum Gasteiger partial charge on any atom is 0.129 e. The number of aryl methyl sites for hydroxylation is 1. The Bertz CT molecular complexity index is 477. The molecule has 0 amide bonds. The molecule has 1 aromatic heterocycles. The molecular weight excluding hydrogens is 258 g/mol. The second-order valence-electron chi connectivity index (χ2n) is 6.92. The topological polar surface area (TPSA) is 28.2 Å². The van der Waals surface area contributed by atoms with Crippen molar-refractivity contribution in [2.24, 2.45) is 5.92 Å². The molecule has 1 aromatic rings. The lowest BCUT2D eigenvalue weighted by Gasteiger charge is -2.27. The zero-order valence-electron chi connectivity index (χ0n) is 13.7. The summed E-state index contributed by atoms with van der Waals surface area (Å²) in [5.74, 6) is 2.03. The zero-order valence-corrected chi connectivity index (χ0v) is 13.7. The van der Waals surface area contributed by atoms with Gasteiger partial charge in [-0.15, -0.1) is 0 Å². The third-order valence-corrected chi connectivity index (χ3v) is 4.88. The second-order valence-corrected chi connectivity index (χ2v) is 6.92. The van der Waals surface area contributed by atoms with Crippen LogP contribution in [-0.2, 0) is 13.0 Å².